The van der Waals surface area contributed by atoms with E-state index in [1.807, 2.05) is 31.2 Å². The van der Waals surface area contributed by atoms with Crippen molar-refractivity contribution in [1.29, 1.82) is 0 Å². The van der Waals surface area contributed by atoms with Crippen molar-refractivity contribution in [3.63, 3.8) is 0 Å². The number of rotatable bonds is 2. The van der Waals surface area contributed by atoms with Crippen molar-refractivity contribution in [2.24, 2.45) is 0 Å². The third kappa shape index (κ3) is 2.58. The highest BCUT2D eigenvalue weighted by molar-refractivity contribution is 6.34. The highest BCUT2D eigenvalue weighted by Gasteiger charge is 2.12. The summed E-state index contributed by atoms with van der Waals surface area (Å²) in [4.78, 5) is 20.6. The molecule has 0 aliphatic heterocycles. The van der Waals surface area contributed by atoms with E-state index in [2.05, 4.69) is 15.3 Å². The predicted molar refractivity (Wildman–Crippen MR) is 83.7 cm³/mol. The SMILES string of the molecule is Cc1ccc(NC(=O)c2cnccc2Cl)c2cccnc12. The molecule has 0 aliphatic carbocycles. The number of carbonyl (C=O) groups excluding carboxylic acids is 1. The average molecular weight is 298 g/mol. The summed E-state index contributed by atoms with van der Waals surface area (Å²) in [5.74, 6) is -0.290. The number of anilines is 1. The van der Waals surface area contributed by atoms with Gasteiger partial charge < -0.3 is 5.32 Å². The fourth-order valence-electron chi connectivity index (χ4n) is 2.16. The Hall–Kier alpha value is -2.46. The first kappa shape index (κ1) is 13.5. The van der Waals surface area contributed by atoms with E-state index in [1.165, 1.54) is 6.20 Å². The highest BCUT2D eigenvalue weighted by Crippen LogP contribution is 2.25. The van der Waals surface area contributed by atoms with Crippen LogP contribution in [0, 0.1) is 6.92 Å². The number of fused-ring (bicyclic) bond motifs is 1. The molecule has 1 N–H and O–H groups in total. The van der Waals surface area contributed by atoms with Gasteiger partial charge in [0.1, 0.15) is 0 Å². The van der Waals surface area contributed by atoms with Crippen molar-refractivity contribution in [2.75, 3.05) is 5.32 Å². The molecule has 3 rings (SSSR count). The summed E-state index contributed by atoms with van der Waals surface area (Å²) >= 11 is 6.02. The van der Waals surface area contributed by atoms with Crippen molar-refractivity contribution in [3.8, 4) is 0 Å². The van der Waals surface area contributed by atoms with Crippen LogP contribution in [-0.4, -0.2) is 15.9 Å². The Kier molecular flexibility index (Phi) is 3.54. The van der Waals surface area contributed by atoms with Crippen molar-refractivity contribution in [3.05, 3.63) is 65.1 Å². The predicted octanol–water partition coefficient (Wildman–Crippen LogP) is 3.84. The zero-order chi connectivity index (χ0) is 14.8. The van der Waals surface area contributed by atoms with Gasteiger partial charge in [0.2, 0.25) is 0 Å². The number of hydrogen-bond donors (Lipinski definition) is 1. The van der Waals surface area contributed by atoms with E-state index < -0.39 is 0 Å². The molecular weight excluding hydrogens is 286 g/mol. The van der Waals surface area contributed by atoms with E-state index in [4.69, 9.17) is 11.6 Å². The van der Waals surface area contributed by atoms with Crippen LogP contribution in [0.15, 0.2) is 48.9 Å². The molecule has 0 saturated carbocycles. The summed E-state index contributed by atoms with van der Waals surface area (Å²) < 4.78 is 0. The summed E-state index contributed by atoms with van der Waals surface area (Å²) in [6.07, 6.45) is 4.73. The average Bonchev–Trinajstić information content (AvgIpc) is 2.51. The van der Waals surface area contributed by atoms with Gasteiger partial charge in [0, 0.05) is 24.0 Å². The largest absolute Gasteiger partial charge is 0.321 e. The van der Waals surface area contributed by atoms with Crippen molar-refractivity contribution in [1.82, 2.24) is 9.97 Å². The van der Waals surface area contributed by atoms with Crippen LogP contribution in [-0.2, 0) is 0 Å². The maximum absolute atomic E-state index is 12.3. The van der Waals surface area contributed by atoms with Crippen LogP contribution in [0.5, 0.6) is 0 Å². The molecule has 1 amide bonds. The summed E-state index contributed by atoms with van der Waals surface area (Å²) in [7, 11) is 0. The second kappa shape index (κ2) is 5.50. The molecule has 104 valence electrons. The molecule has 4 nitrogen and oxygen atoms in total. The first-order valence-electron chi connectivity index (χ1n) is 6.42. The molecule has 0 unspecified atom stereocenters. The molecule has 0 spiro atoms. The molecule has 0 aliphatic rings. The number of carbonyl (C=O) groups is 1. The van der Waals surface area contributed by atoms with Gasteiger partial charge in [0.25, 0.3) is 5.91 Å². The minimum Gasteiger partial charge on any atom is -0.321 e. The number of benzene rings is 1. The molecule has 21 heavy (non-hydrogen) atoms. The van der Waals surface area contributed by atoms with Gasteiger partial charge in [-0.1, -0.05) is 17.7 Å². The third-order valence-electron chi connectivity index (χ3n) is 3.23. The van der Waals surface area contributed by atoms with Gasteiger partial charge in [0.05, 0.1) is 21.8 Å². The lowest BCUT2D eigenvalue weighted by Crippen LogP contribution is -2.13. The molecule has 2 aromatic heterocycles. The molecular formula is C16H12ClN3O. The first-order valence-corrected chi connectivity index (χ1v) is 6.80. The summed E-state index contributed by atoms with van der Waals surface area (Å²) in [6, 6.07) is 9.15. The summed E-state index contributed by atoms with van der Waals surface area (Å²) in [6.45, 7) is 1.99. The minimum absolute atomic E-state index is 0.290. The smallest absolute Gasteiger partial charge is 0.258 e. The molecule has 3 aromatic rings. The maximum atomic E-state index is 12.3. The Bertz CT molecular complexity index is 833. The zero-order valence-electron chi connectivity index (χ0n) is 11.3. The van der Waals surface area contributed by atoms with Gasteiger partial charge in [-0.25, -0.2) is 0 Å². The minimum atomic E-state index is -0.290. The van der Waals surface area contributed by atoms with Crippen LogP contribution in [0.4, 0.5) is 5.69 Å². The van der Waals surface area contributed by atoms with Crippen LogP contribution in [0.1, 0.15) is 15.9 Å². The van der Waals surface area contributed by atoms with Crippen molar-refractivity contribution < 1.29 is 4.79 Å². The van der Waals surface area contributed by atoms with Crippen LogP contribution < -0.4 is 5.32 Å². The lowest BCUT2D eigenvalue weighted by Gasteiger charge is -2.10. The number of aromatic nitrogens is 2. The van der Waals surface area contributed by atoms with Gasteiger partial charge in [-0.05, 0) is 36.8 Å². The number of halogens is 1. The fraction of sp³-hybridized carbons (Fsp3) is 0.0625. The Morgan fingerprint density at radius 1 is 1.19 bits per heavy atom. The van der Waals surface area contributed by atoms with E-state index in [0.29, 0.717) is 16.3 Å². The molecule has 2 heterocycles. The molecule has 0 atom stereocenters. The Labute approximate surface area is 126 Å². The second-order valence-corrected chi connectivity index (χ2v) is 5.05. The summed E-state index contributed by atoms with van der Waals surface area (Å²) in [5.41, 5.74) is 2.97. The number of hydrogen-bond acceptors (Lipinski definition) is 3. The molecule has 1 aromatic carbocycles. The Balaban J connectivity index is 2.01. The molecule has 5 heteroatoms. The van der Waals surface area contributed by atoms with E-state index in [9.17, 15) is 4.79 Å². The number of amides is 1. The van der Waals surface area contributed by atoms with Gasteiger partial charge in [-0.2, -0.15) is 0 Å². The second-order valence-electron chi connectivity index (χ2n) is 4.64. The maximum Gasteiger partial charge on any atom is 0.258 e. The quantitative estimate of drug-likeness (QED) is 0.782. The fourth-order valence-corrected chi connectivity index (χ4v) is 2.35. The van der Waals surface area contributed by atoms with E-state index in [-0.39, 0.29) is 5.91 Å². The van der Waals surface area contributed by atoms with Crippen LogP contribution in [0.3, 0.4) is 0 Å². The van der Waals surface area contributed by atoms with Gasteiger partial charge in [0.15, 0.2) is 0 Å². The lowest BCUT2D eigenvalue weighted by atomic mass is 10.1. The van der Waals surface area contributed by atoms with Crippen molar-refractivity contribution in [2.45, 2.75) is 6.92 Å². The molecule has 0 fully saturated rings. The topological polar surface area (TPSA) is 54.9 Å². The number of pyridine rings is 2. The van der Waals surface area contributed by atoms with Crippen molar-refractivity contribution >= 4 is 34.1 Å². The van der Waals surface area contributed by atoms with Gasteiger partial charge in [-0.3, -0.25) is 14.8 Å². The Morgan fingerprint density at radius 3 is 2.86 bits per heavy atom. The Morgan fingerprint density at radius 2 is 2.05 bits per heavy atom. The monoisotopic (exact) mass is 297 g/mol. The van der Waals surface area contributed by atoms with Crippen LogP contribution in [0.25, 0.3) is 10.9 Å². The van der Waals surface area contributed by atoms with Crippen LogP contribution >= 0.6 is 11.6 Å². The van der Waals surface area contributed by atoms with Gasteiger partial charge >= 0.3 is 0 Å². The number of aryl methyl sites for hydroxylation is 1. The standard InChI is InChI=1S/C16H12ClN3O/c1-10-4-5-14(11-3-2-7-19-15(10)11)20-16(21)12-9-18-8-6-13(12)17/h2-9H,1H3,(H,20,21). The van der Waals surface area contributed by atoms with Crippen LogP contribution in [0.2, 0.25) is 5.02 Å². The molecule has 0 bridgehead atoms. The number of nitrogens with zero attached hydrogens (tertiary/aromatic N) is 2. The van der Waals surface area contributed by atoms with E-state index in [0.717, 1.165) is 16.5 Å². The summed E-state index contributed by atoms with van der Waals surface area (Å²) in [5, 5.41) is 4.13. The zero-order valence-corrected chi connectivity index (χ0v) is 12.1. The highest BCUT2D eigenvalue weighted by atomic mass is 35.5. The first-order chi connectivity index (χ1) is 10.2. The normalized spacial score (nSPS) is 10.6. The molecule has 0 radical (unpaired) electrons. The van der Waals surface area contributed by atoms with E-state index in [1.54, 1.807) is 18.5 Å². The molecule has 0 saturated heterocycles. The number of nitrogens with one attached hydrogen (secondary N) is 1. The lowest BCUT2D eigenvalue weighted by molar-refractivity contribution is 0.102. The van der Waals surface area contributed by atoms with Gasteiger partial charge in [-0.15, -0.1) is 0 Å². The van der Waals surface area contributed by atoms with E-state index >= 15 is 0 Å². The third-order valence-corrected chi connectivity index (χ3v) is 3.56.